The van der Waals surface area contributed by atoms with Gasteiger partial charge in [-0.1, -0.05) is 12.1 Å². The molecule has 0 bridgehead atoms. The lowest BCUT2D eigenvalue weighted by Crippen LogP contribution is -2.29. The zero-order chi connectivity index (χ0) is 28.2. The van der Waals surface area contributed by atoms with Crippen LogP contribution >= 0.6 is 0 Å². The molecule has 0 saturated heterocycles. The minimum Gasteiger partial charge on any atom is -0.494 e. The SMILES string of the molecule is COc1cccc(-c2nnc(NS(=O)(=O)[C@H](C)Cc3ncc(C)nc3OC)n2-c2c(OC)cccc2OC)n1. The van der Waals surface area contributed by atoms with Crippen molar-refractivity contribution in [1.29, 1.82) is 0 Å². The van der Waals surface area contributed by atoms with Crippen molar-refractivity contribution in [2.45, 2.75) is 25.5 Å². The van der Waals surface area contributed by atoms with Crippen molar-refractivity contribution in [3.05, 3.63) is 54.0 Å². The van der Waals surface area contributed by atoms with Crippen LogP contribution in [0.1, 0.15) is 18.3 Å². The van der Waals surface area contributed by atoms with Gasteiger partial charge in [0.1, 0.15) is 28.6 Å². The third kappa shape index (κ3) is 5.70. The molecule has 13 nitrogen and oxygen atoms in total. The monoisotopic (exact) mass is 555 g/mol. The first-order valence-corrected chi connectivity index (χ1v) is 13.3. The number of benzene rings is 1. The third-order valence-electron chi connectivity index (χ3n) is 5.82. The molecule has 4 aromatic rings. The first-order valence-electron chi connectivity index (χ1n) is 11.8. The predicted molar refractivity (Wildman–Crippen MR) is 143 cm³/mol. The van der Waals surface area contributed by atoms with Gasteiger partial charge in [-0.3, -0.25) is 14.3 Å². The zero-order valence-corrected chi connectivity index (χ0v) is 23.2. The molecule has 1 aromatic carbocycles. The second-order valence-electron chi connectivity index (χ2n) is 8.39. The van der Waals surface area contributed by atoms with Crippen molar-refractivity contribution < 1.29 is 27.4 Å². The van der Waals surface area contributed by atoms with Gasteiger partial charge in [-0.2, -0.15) is 0 Å². The Morgan fingerprint density at radius 3 is 2.26 bits per heavy atom. The van der Waals surface area contributed by atoms with Crippen LogP contribution in [0, 0.1) is 6.92 Å². The van der Waals surface area contributed by atoms with E-state index in [2.05, 4.69) is 29.9 Å². The summed E-state index contributed by atoms with van der Waals surface area (Å²) in [5.74, 6) is 1.54. The molecule has 0 radical (unpaired) electrons. The summed E-state index contributed by atoms with van der Waals surface area (Å²) in [5, 5.41) is 7.50. The molecule has 0 unspecified atom stereocenters. The standard InChI is InChI=1S/C25H29N7O6S/c1-15-14-26-18(24(27-15)38-6)13-16(2)39(33,34)31-25-30-29-23(17-9-7-12-21(28-17)37-5)32(25)22-19(35-3)10-8-11-20(22)36-4/h7-12,14,16H,13H2,1-6H3,(H,30,31)/t16-/m1/s1. The number of nitrogens with one attached hydrogen (secondary N) is 1. The Balaban J connectivity index is 1.81. The average molecular weight is 556 g/mol. The van der Waals surface area contributed by atoms with E-state index >= 15 is 0 Å². The van der Waals surface area contributed by atoms with E-state index in [4.69, 9.17) is 18.9 Å². The number of rotatable bonds is 11. The Kier molecular flexibility index (Phi) is 8.14. The molecule has 14 heteroatoms. The number of pyridine rings is 1. The number of anilines is 1. The predicted octanol–water partition coefficient (Wildman–Crippen LogP) is 2.84. The van der Waals surface area contributed by atoms with Gasteiger partial charge in [0.15, 0.2) is 5.82 Å². The molecule has 39 heavy (non-hydrogen) atoms. The van der Waals surface area contributed by atoms with E-state index in [0.717, 1.165) is 0 Å². The van der Waals surface area contributed by atoms with Crippen molar-refractivity contribution in [1.82, 2.24) is 29.7 Å². The summed E-state index contributed by atoms with van der Waals surface area (Å²) < 4.78 is 52.9. The average Bonchev–Trinajstić information content (AvgIpc) is 3.35. The van der Waals surface area contributed by atoms with E-state index in [-0.39, 0.29) is 24.1 Å². The summed E-state index contributed by atoms with van der Waals surface area (Å²) in [4.78, 5) is 13.0. The molecule has 0 spiro atoms. The number of aryl methyl sites for hydroxylation is 1. The molecule has 0 aliphatic heterocycles. The smallest absolute Gasteiger partial charge is 0.243 e. The van der Waals surface area contributed by atoms with Crippen LogP contribution in [0.2, 0.25) is 0 Å². The molecule has 4 rings (SSSR count). The van der Waals surface area contributed by atoms with E-state index in [1.807, 2.05) is 0 Å². The van der Waals surface area contributed by atoms with Crippen molar-refractivity contribution >= 4 is 16.0 Å². The highest BCUT2D eigenvalue weighted by Gasteiger charge is 2.29. The second kappa shape index (κ2) is 11.5. The Bertz CT molecular complexity index is 1550. The van der Waals surface area contributed by atoms with Crippen LogP contribution in [-0.2, 0) is 16.4 Å². The summed E-state index contributed by atoms with van der Waals surface area (Å²) in [6, 6.07) is 10.3. The zero-order valence-electron chi connectivity index (χ0n) is 22.4. The summed E-state index contributed by atoms with van der Waals surface area (Å²) in [6.45, 7) is 3.33. The van der Waals surface area contributed by atoms with Crippen molar-refractivity contribution in [2.24, 2.45) is 0 Å². The molecular weight excluding hydrogens is 526 g/mol. The molecule has 0 fully saturated rings. The maximum Gasteiger partial charge on any atom is 0.243 e. The van der Waals surface area contributed by atoms with E-state index in [9.17, 15) is 8.42 Å². The molecule has 3 aromatic heterocycles. The van der Waals surface area contributed by atoms with Crippen LogP contribution < -0.4 is 23.7 Å². The van der Waals surface area contributed by atoms with E-state index in [1.54, 1.807) is 56.4 Å². The molecular formula is C25H29N7O6S. The number of nitrogens with zero attached hydrogens (tertiary/aromatic N) is 6. The molecule has 0 aliphatic carbocycles. The van der Waals surface area contributed by atoms with Crippen molar-refractivity contribution in [3.63, 3.8) is 0 Å². The highest BCUT2D eigenvalue weighted by molar-refractivity contribution is 7.93. The third-order valence-corrected chi connectivity index (χ3v) is 7.51. The highest BCUT2D eigenvalue weighted by Crippen LogP contribution is 2.37. The number of sulfonamides is 1. The topological polar surface area (TPSA) is 152 Å². The highest BCUT2D eigenvalue weighted by atomic mass is 32.2. The van der Waals surface area contributed by atoms with Crippen LogP contribution in [0.5, 0.6) is 23.3 Å². The lowest BCUT2D eigenvalue weighted by Gasteiger charge is -2.19. The van der Waals surface area contributed by atoms with Gasteiger partial charge < -0.3 is 18.9 Å². The maximum atomic E-state index is 13.5. The second-order valence-corrected chi connectivity index (χ2v) is 10.5. The molecule has 1 N–H and O–H groups in total. The van der Waals surface area contributed by atoms with E-state index < -0.39 is 15.3 Å². The summed E-state index contributed by atoms with van der Waals surface area (Å²) in [6.07, 6.45) is 1.60. The quantitative estimate of drug-likeness (QED) is 0.291. The van der Waals surface area contributed by atoms with Crippen molar-refractivity contribution in [2.75, 3.05) is 33.2 Å². The first-order chi connectivity index (χ1) is 18.7. The first kappa shape index (κ1) is 27.6. The molecule has 1 atom stereocenters. The van der Waals surface area contributed by atoms with Crippen molar-refractivity contribution in [3.8, 4) is 40.5 Å². The van der Waals surface area contributed by atoms with Crippen LogP contribution in [-0.4, -0.2) is 71.8 Å². The van der Waals surface area contributed by atoms with Crippen LogP contribution in [0.4, 0.5) is 5.95 Å². The fraction of sp³-hybridized carbons (Fsp3) is 0.320. The van der Waals surface area contributed by atoms with Crippen LogP contribution in [0.3, 0.4) is 0 Å². The number of ether oxygens (including phenoxy) is 4. The largest absolute Gasteiger partial charge is 0.494 e. The number of hydrogen-bond donors (Lipinski definition) is 1. The van der Waals surface area contributed by atoms with Gasteiger partial charge in [-0.15, -0.1) is 10.2 Å². The Labute approximate surface area is 226 Å². The summed E-state index contributed by atoms with van der Waals surface area (Å²) >= 11 is 0. The van der Waals surface area contributed by atoms with E-state index in [1.165, 1.54) is 33.0 Å². The van der Waals surface area contributed by atoms with Crippen LogP contribution in [0.25, 0.3) is 17.2 Å². The fourth-order valence-electron chi connectivity index (χ4n) is 3.83. The Hall–Kier alpha value is -4.46. The van der Waals surface area contributed by atoms with Gasteiger partial charge >= 0.3 is 0 Å². The summed E-state index contributed by atoms with van der Waals surface area (Å²) in [7, 11) is 1.92. The molecule has 0 saturated carbocycles. The summed E-state index contributed by atoms with van der Waals surface area (Å²) in [5.41, 5.74) is 1.83. The molecule has 0 amide bonds. The minimum absolute atomic E-state index is 0.0438. The van der Waals surface area contributed by atoms with Crippen LogP contribution in [0.15, 0.2) is 42.6 Å². The number of aromatic nitrogens is 6. The minimum atomic E-state index is -4.02. The van der Waals surface area contributed by atoms with Gasteiger partial charge in [0.05, 0.1) is 39.4 Å². The lowest BCUT2D eigenvalue weighted by atomic mass is 10.2. The van der Waals surface area contributed by atoms with Gasteiger partial charge in [0, 0.05) is 18.7 Å². The van der Waals surface area contributed by atoms with Gasteiger partial charge in [0.25, 0.3) is 0 Å². The number of methoxy groups -OCH3 is 4. The molecule has 206 valence electrons. The molecule has 0 aliphatic rings. The fourth-order valence-corrected chi connectivity index (χ4v) is 4.79. The normalized spacial score (nSPS) is 12.1. The molecule has 3 heterocycles. The van der Waals surface area contributed by atoms with Gasteiger partial charge in [-0.05, 0) is 32.0 Å². The maximum absolute atomic E-state index is 13.5. The number of para-hydroxylation sites is 1. The Morgan fingerprint density at radius 2 is 1.62 bits per heavy atom. The Morgan fingerprint density at radius 1 is 0.923 bits per heavy atom. The number of hydrogen-bond acceptors (Lipinski definition) is 11. The van der Waals surface area contributed by atoms with Gasteiger partial charge in [0.2, 0.25) is 27.7 Å². The van der Waals surface area contributed by atoms with E-state index in [0.29, 0.717) is 40.1 Å². The lowest BCUT2D eigenvalue weighted by molar-refractivity contribution is 0.387. The van der Waals surface area contributed by atoms with Gasteiger partial charge in [-0.25, -0.2) is 18.4 Å².